The summed E-state index contributed by atoms with van der Waals surface area (Å²) in [6.07, 6.45) is 1.47. The summed E-state index contributed by atoms with van der Waals surface area (Å²) in [5, 5.41) is 8.82. The summed E-state index contributed by atoms with van der Waals surface area (Å²) >= 11 is 0. The first-order chi connectivity index (χ1) is 9.79. The summed E-state index contributed by atoms with van der Waals surface area (Å²) in [6, 6.07) is 3.40. The molecule has 112 valence electrons. The average molecular weight is 311 g/mol. The number of carboxylic acids is 1. The number of carboxylic acid groups (broad SMARTS) is 1. The van der Waals surface area contributed by atoms with Crippen LogP contribution in [0.1, 0.15) is 22.0 Å². The van der Waals surface area contributed by atoms with Crippen molar-refractivity contribution < 1.29 is 22.7 Å². The molecule has 0 aliphatic heterocycles. The molecular weight excluding hydrogens is 298 g/mol. The van der Waals surface area contributed by atoms with Crippen molar-refractivity contribution in [2.75, 3.05) is 5.73 Å². The highest BCUT2D eigenvalue weighted by Gasteiger charge is 2.19. The van der Waals surface area contributed by atoms with Crippen LogP contribution in [0, 0.1) is 6.92 Å². The van der Waals surface area contributed by atoms with Gasteiger partial charge in [-0.25, -0.2) is 22.9 Å². The predicted octanol–water partition coefficient (Wildman–Crippen LogP) is 0.742. The molecule has 0 saturated heterocycles. The first-order valence-corrected chi connectivity index (χ1v) is 7.32. The number of nitrogens with one attached hydrogen (secondary N) is 1. The van der Waals surface area contributed by atoms with Crippen LogP contribution in [0.5, 0.6) is 0 Å². The fraction of sp³-hybridized carbons (Fsp3) is 0.167. The lowest BCUT2D eigenvalue weighted by molar-refractivity contribution is 0.0697. The second-order valence-electron chi connectivity index (χ2n) is 4.25. The summed E-state index contributed by atoms with van der Waals surface area (Å²) in [4.78, 5) is 14.5. The van der Waals surface area contributed by atoms with Crippen molar-refractivity contribution in [1.29, 1.82) is 0 Å². The van der Waals surface area contributed by atoms with E-state index in [2.05, 4.69) is 9.71 Å². The van der Waals surface area contributed by atoms with Gasteiger partial charge in [-0.15, -0.1) is 0 Å². The molecule has 0 atom stereocenters. The highest BCUT2D eigenvalue weighted by Crippen LogP contribution is 2.20. The number of aromatic nitrogens is 1. The topological polar surface area (TPSA) is 136 Å². The Kier molecular flexibility index (Phi) is 3.96. The number of oxazole rings is 1. The lowest BCUT2D eigenvalue weighted by Gasteiger charge is -2.08. The number of hydrogen-bond acceptors (Lipinski definition) is 6. The standard InChI is InChI=1S/C12H13N3O5S/c1-7-5-14-11(20-7)6-15-21(18,19)10-3-2-8(12(16)17)4-9(10)13/h2-5,15H,6,13H2,1H3,(H,16,17). The second-order valence-corrected chi connectivity index (χ2v) is 5.98. The van der Waals surface area contributed by atoms with Crippen molar-refractivity contribution in [3.8, 4) is 0 Å². The number of hydrogen-bond donors (Lipinski definition) is 3. The van der Waals surface area contributed by atoms with Crippen LogP contribution in [0.15, 0.2) is 33.7 Å². The molecule has 9 heteroatoms. The number of nitrogen functional groups attached to an aromatic ring is 1. The van der Waals surface area contributed by atoms with E-state index in [0.717, 1.165) is 12.1 Å². The third-order valence-electron chi connectivity index (χ3n) is 2.63. The van der Waals surface area contributed by atoms with Crippen LogP contribution in [0.25, 0.3) is 0 Å². The molecule has 0 spiro atoms. The number of aromatic carboxylic acids is 1. The van der Waals surface area contributed by atoms with Gasteiger partial charge in [0, 0.05) is 0 Å². The molecule has 0 fully saturated rings. The quantitative estimate of drug-likeness (QED) is 0.693. The molecule has 0 saturated carbocycles. The van der Waals surface area contributed by atoms with Crippen molar-refractivity contribution in [3.63, 3.8) is 0 Å². The van der Waals surface area contributed by atoms with E-state index in [0.29, 0.717) is 5.76 Å². The molecule has 1 heterocycles. The second kappa shape index (κ2) is 5.54. The first-order valence-electron chi connectivity index (χ1n) is 5.83. The van der Waals surface area contributed by atoms with E-state index < -0.39 is 16.0 Å². The van der Waals surface area contributed by atoms with E-state index in [-0.39, 0.29) is 28.6 Å². The summed E-state index contributed by atoms with van der Waals surface area (Å²) in [6.45, 7) is 1.56. The van der Waals surface area contributed by atoms with Gasteiger partial charge >= 0.3 is 5.97 Å². The summed E-state index contributed by atoms with van der Waals surface area (Å²) in [5.74, 6) is -0.403. The fourth-order valence-electron chi connectivity index (χ4n) is 1.64. The monoisotopic (exact) mass is 311 g/mol. The van der Waals surface area contributed by atoms with Gasteiger partial charge in [0.15, 0.2) is 0 Å². The Morgan fingerprint density at radius 2 is 2.19 bits per heavy atom. The minimum absolute atomic E-state index is 0.0882. The van der Waals surface area contributed by atoms with Gasteiger partial charge in [-0.05, 0) is 25.1 Å². The van der Waals surface area contributed by atoms with E-state index >= 15 is 0 Å². The van der Waals surface area contributed by atoms with E-state index in [1.54, 1.807) is 6.92 Å². The molecule has 4 N–H and O–H groups in total. The van der Waals surface area contributed by atoms with Crippen molar-refractivity contribution >= 4 is 21.7 Å². The Hall–Kier alpha value is -2.39. The van der Waals surface area contributed by atoms with Crippen LogP contribution < -0.4 is 10.5 Å². The van der Waals surface area contributed by atoms with E-state index in [1.165, 1.54) is 12.3 Å². The van der Waals surface area contributed by atoms with Gasteiger partial charge in [0.05, 0.1) is 24.0 Å². The van der Waals surface area contributed by atoms with Gasteiger partial charge in [-0.1, -0.05) is 0 Å². The number of sulfonamides is 1. The lowest BCUT2D eigenvalue weighted by atomic mass is 10.2. The zero-order valence-electron chi connectivity index (χ0n) is 11.0. The Bertz CT molecular complexity index is 782. The molecule has 8 nitrogen and oxygen atoms in total. The van der Waals surface area contributed by atoms with Crippen LogP contribution in [-0.4, -0.2) is 24.5 Å². The van der Waals surface area contributed by atoms with Crippen LogP contribution in [-0.2, 0) is 16.6 Å². The van der Waals surface area contributed by atoms with Gasteiger partial charge in [0.25, 0.3) is 0 Å². The molecular formula is C12H13N3O5S. The number of aryl methyl sites for hydroxylation is 1. The molecule has 0 amide bonds. The van der Waals surface area contributed by atoms with Crippen molar-refractivity contribution in [1.82, 2.24) is 9.71 Å². The molecule has 0 aliphatic carbocycles. The smallest absolute Gasteiger partial charge is 0.335 e. The third kappa shape index (κ3) is 3.38. The SMILES string of the molecule is Cc1cnc(CNS(=O)(=O)c2ccc(C(=O)O)cc2N)o1. The summed E-state index contributed by atoms with van der Waals surface area (Å²) in [7, 11) is -3.89. The molecule has 0 aliphatic rings. The maximum absolute atomic E-state index is 12.1. The fourth-order valence-corrected chi connectivity index (χ4v) is 2.73. The van der Waals surface area contributed by atoms with Gasteiger partial charge in [-0.2, -0.15) is 0 Å². The molecule has 21 heavy (non-hydrogen) atoms. The summed E-state index contributed by atoms with van der Waals surface area (Å²) < 4.78 is 31.6. The zero-order chi connectivity index (χ0) is 15.6. The molecule has 0 radical (unpaired) electrons. The van der Waals surface area contributed by atoms with Crippen molar-refractivity contribution in [2.45, 2.75) is 18.4 Å². The van der Waals surface area contributed by atoms with E-state index in [9.17, 15) is 13.2 Å². The molecule has 2 aromatic rings. The highest BCUT2D eigenvalue weighted by molar-refractivity contribution is 7.89. The molecule has 0 unspecified atom stereocenters. The van der Waals surface area contributed by atoms with Gasteiger partial charge < -0.3 is 15.3 Å². The molecule has 1 aromatic heterocycles. The lowest BCUT2D eigenvalue weighted by Crippen LogP contribution is -2.24. The Morgan fingerprint density at radius 1 is 1.48 bits per heavy atom. The van der Waals surface area contributed by atoms with Gasteiger partial charge in [0.2, 0.25) is 15.9 Å². The normalized spacial score (nSPS) is 11.5. The summed E-state index contributed by atoms with van der Waals surface area (Å²) in [5.41, 5.74) is 5.36. The van der Waals surface area contributed by atoms with Crippen LogP contribution in [0.2, 0.25) is 0 Å². The number of rotatable bonds is 5. The first kappa shape index (κ1) is 15.0. The number of nitrogens with two attached hydrogens (primary N) is 1. The maximum Gasteiger partial charge on any atom is 0.335 e. The van der Waals surface area contributed by atoms with E-state index in [1.807, 2.05) is 0 Å². The number of nitrogens with zero attached hydrogens (tertiary/aromatic N) is 1. The van der Waals surface area contributed by atoms with Crippen molar-refractivity contribution in [3.05, 3.63) is 41.6 Å². The molecule has 2 rings (SSSR count). The molecule has 0 bridgehead atoms. The van der Waals surface area contributed by atoms with Crippen LogP contribution in [0.4, 0.5) is 5.69 Å². The van der Waals surface area contributed by atoms with Crippen LogP contribution >= 0.6 is 0 Å². The third-order valence-corrected chi connectivity index (χ3v) is 4.10. The Labute approximate surface area is 120 Å². The van der Waals surface area contributed by atoms with Crippen LogP contribution in [0.3, 0.4) is 0 Å². The van der Waals surface area contributed by atoms with E-state index in [4.69, 9.17) is 15.3 Å². The number of anilines is 1. The minimum Gasteiger partial charge on any atom is -0.478 e. The molecule has 1 aromatic carbocycles. The Balaban J connectivity index is 2.21. The van der Waals surface area contributed by atoms with Gasteiger partial charge in [0.1, 0.15) is 10.7 Å². The highest BCUT2D eigenvalue weighted by atomic mass is 32.2. The average Bonchev–Trinajstić information content (AvgIpc) is 2.82. The van der Waals surface area contributed by atoms with Crippen molar-refractivity contribution in [2.24, 2.45) is 0 Å². The number of carbonyl (C=O) groups is 1. The number of benzene rings is 1. The minimum atomic E-state index is -3.89. The Morgan fingerprint density at radius 3 is 2.71 bits per heavy atom. The largest absolute Gasteiger partial charge is 0.478 e. The maximum atomic E-state index is 12.1. The predicted molar refractivity (Wildman–Crippen MR) is 73.1 cm³/mol. The zero-order valence-corrected chi connectivity index (χ0v) is 11.8. The van der Waals surface area contributed by atoms with Gasteiger partial charge in [-0.3, -0.25) is 0 Å².